The van der Waals surface area contributed by atoms with Crippen LogP contribution in [0, 0.1) is 0 Å². The Balaban J connectivity index is 4.89. The molecule has 0 amide bonds. The molecule has 0 aromatic rings. The van der Waals surface area contributed by atoms with Gasteiger partial charge in [0.15, 0.2) is 0 Å². The molecule has 0 aromatic heterocycles. The quantitative estimate of drug-likeness (QED) is 0.492. The van der Waals surface area contributed by atoms with Gasteiger partial charge < -0.3 is 19.0 Å². The third-order valence-corrected chi connectivity index (χ3v) is 7.82. The number of hydrogen-bond acceptors (Lipinski definition) is 5. The lowest BCUT2D eigenvalue weighted by atomic mass is 10.6. The number of hydrogen-bond donors (Lipinski definition) is 1. The van der Waals surface area contributed by atoms with E-state index in [1.54, 1.807) is 11.8 Å². The minimum atomic E-state index is -2.60. The van der Waals surface area contributed by atoms with E-state index >= 15 is 0 Å². The normalized spacial score (nSPS) is 15.9. The van der Waals surface area contributed by atoms with Crippen LogP contribution in [-0.2, 0) is 13.3 Å². The monoisotopic (exact) mass is 281 g/mol. The topological polar surface area (TPSA) is 53.7 Å². The smallest absolute Gasteiger partial charge is 0.373 e. The lowest BCUT2D eigenvalue weighted by Gasteiger charge is -2.35. The van der Waals surface area contributed by atoms with Crippen molar-refractivity contribution in [3.63, 3.8) is 0 Å². The van der Waals surface area contributed by atoms with Crippen molar-refractivity contribution in [3.8, 4) is 0 Å². The van der Waals surface area contributed by atoms with Crippen molar-refractivity contribution in [1.82, 2.24) is 0 Å². The molecule has 2 N–H and O–H groups in total. The molecule has 0 aliphatic heterocycles. The summed E-state index contributed by atoms with van der Waals surface area (Å²) in [5.41, 5.74) is 5.87. The molecule has 0 bridgehead atoms. The Morgan fingerprint density at radius 2 is 1.41 bits per heavy atom. The largest absolute Gasteiger partial charge is 0.514 e. The summed E-state index contributed by atoms with van der Waals surface area (Å²) in [5, 5.41) is 0.0631. The van der Waals surface area contributed by atoms with Gasteiger partial charge in [0.25, 0.3) is 0 Å². The molecule has 0 fully saturated rings. The van der Waals surface area contributed by atoms with Gasteiger partial charge in [-0.15, -0.1) is 11.8 Å². The highest BCUT2D eigenvalue weighted by Crippen LogP contribution is 2.29. The average Bonchev–Trinajstić information content (AvgIpc) is 2.26. The third-order valence-electron chi connectivity index (χ3n) is 2.18. The van der Waals surface area contributed by atoms with Crippen molar-refractivity contribution in [1.29, 1.82) is 0 Å². The van der Waals surface area contributed by atoms with Crippen LogP contribution < -0.4 is 5.73 Å². The first kappa shape index (κ1) is 17.4. The Kier molecular flexibility index (Phi) is 9.58. The van der Waals surface area contributed by atoms with Crippen LogP contribution in [0.5, 0.6) is 0 Å². The summed E-state index contributed by atoms with van der Waals surface area (Å²) < 4.78 is 17.6. The molecule has 0 aromatic carbocycles. The van der Waals surface area contributed by atoms with Gasteiger partial charge in [-0.1, -0.05) is 6.92 Å². The molecule has 0 aliphatic carbocycles. The van der Waals surface area contributed by atoms with Crippen molar-refractivity contribution in [2.24, 2.45) is 5.73 Å². The van der Waals surface area contributed by atoms with Gasteiger partial charge in [-0.25, -0.2) is 0 Å². The maximum atomic E-state index is 5.88. The fourth-order valence-corrected chi connectivity index (χ4v) is 6.84. The van der Waals surface area contributed by atoms with Crippen molar-refractivity contribution in [2.75, 3.05) is 19.8 Å². The van der Waals surface area contributed by atoms with Crippen molar-refractivity contribution >= 4 is 20.6 Å². The first-order chi connectivity index (χ1) is 8.06. The highest BCUT2D eigenvalue weighted by molar-refractivity contribution is 8.01. The van der Waals surface area contributed by atoms with E-state index in [2.05, 4.69) is 6.92 Å². The summed E-state index contributed by atoms with van der Waals surface area (Å²) in [5.74, 6) is 0. The van der Waals surface area contributed by atoms with Gasteiger partial charge >= 0.3 is 8.80 Å². The number of nitrogens with two attached hydrogens (primary N) is 1. The maximum Gasteiger partial charge on any atom is 0.514 e. The first-order valence-corrected chi connectivity index (χ1v) is 9.13. The van der Waals surface area contributed by atoms with E-state index in [1.807, 2.05) is 27.7 Å². The van der Waals surface area contributed by atoms with Crippen LogP contribution in [0.1, 0.15) is 41.0 Å². The van der Waals surface area contributed by atoms with Crippen LogP contribution in [0.2, 0.25) is 0 Å². The minimum absolute atomic E-state index is 0.0631. The van der Waals surface area contributed by atoms with E-state index in [0.29, 0.717) is 19.8 Å². The lowest BCUT2D eigenvalue weighted by Crippen LogP contribution is -2.55. The SMILES string of the molecule is CCO[Si](OCC)(OCC)C(CC)SC(C)N. The van der Waals surface area contributed by atoms with E-state index in [0.717, 1.165) is 6.42 Å². The Morgan fingerprint density at radius 3 is 1.65 bits per heavy atom. The molecule has 6 heteroatoms. The minimum Gasteiger partial charge on any atom is -0.373 e. The van der Waals surface area contributed by atoms with Gasteiger partial charge in [-0.05, 0) is 34.1 Å². The van der Waals surface area contributed by atoms with Crippen molar-refractivity contribution < 1.29 is 13.3 Å². The second-order valence-corrected chi connectivity index (χ2v) is 8.41. The predicted octanol–water partition coefficient (Wildman–Crippen LogP) is 2.39. The fraction of sp³-hybridized carbons (Fsp3) is 1.00. The number of rotatable bonds is 10. The molecule has 0 saturated heterocycles. The Hall–Kier alpha value is 0.407. The summed E-state index contributed by atoms with van der Waals surface area (Å²) in [4.78, 5) is 0.211. The number of thioether (sulfide) groups is 1. The molecule has 17 heavy (non-hydrogen) atoms. The Bertz CT molecular complexity index is 179. The molecule has 104 valence electrons. The highest BCUT2D eigenvalue weighted by atomic mass is 32.2. The fourth-order valence-electron chi connectivity index (χ4n) is 1.70. The lowest BCUT2D eigenvalue weighted by molar-refractivity contribution is 0.0692. The second-order valence-electron chi connectivity index (χ2n) is 3.64. The summed E-state index contributed by atoms with van der Waals surface area (Å²) in [7, 11) is -2.60. The Labute approximate surface area is 111 Å². The van der Waals surface area contributed by atoms with Crippen molar-refractivity contribution in [2.45, 2.75) is 51.3 Å². The van der Waals surface area contributed by atoms with E-state index in [4.69, 9.17) is 19.0 Å². The van der Waals surface area contributed by atoms with Crippen LogP contribution in [0.4, 0.5) is 0 Å². The van der Waals surface area contributed by atoms with E-state index in [-0.39, 0.29) is 10.2 Å². The van der Waals surface area contributed by atoms with Gasteiger partial charge in [0, 0.05) is 25.2 Å². The van der Waals surface area contributed by atoms with E-state index in [9.17, 15) is 0 Å². The third kappa shape index (κ3) is 5.72. The summed E-state index contributed by atoms with van der Waals surface area (Å²) in [6.07, 6.45) is 0.943. The van der Waals surface area contributed by atoms with Gasteiger partial charge in [0.2, 0.25) is 0 Å². The molecular formula is C11H27NO3SSi. The maximum absolute atomic E-state index is 5.88. The Morgan fingerprint density at radius 1 is 1.00 bits per heavy atom. The highest BCUT2D eigenvalue weighted by Gasteiger charge is 2.49. The van der Waals surface area contributed by atoms with Crippen LogP contribution in [0.15, 0.2) is 0 Å². The molecule has 0 aliphatic rings. The average molecular weight is 281 g/mol. The molecule has 0 saturated carbocycles. The molecule has 0 rings (SSSR count). The standard InChI is InChI=1S/C11H27NO3SSi/c1-6-11(16-10(5)12)17(13-7-2,14-8-3)15-9-4/h10-11H,6-9,12H2,1-5H3. The summed E-state index contributed by atoms with van der Waals surface area (Å²) in [6, 6.07) is 0. The molecule has 2 unspecified atom stereocenters. The summed E-state index contributed by atoms with van der Waals surface area (Å²) in [6.45, 7) is 11.9. The van der Waals surface area contributed by atoms with E-state index < -0.39 is 8.80 Å². The molecule has 2 atom stereocenters. The summed E-state index contributed by atoms with van der Waals surface area (Å²) >= 11 is 1.69. The second kappa shape index (κ2) is 9.35. The zero-order valence-electron chi connectivity index (χ0n) is 11.7. The zero-order valence-corrected chi connectivity index (χ0v) is 13.5. The molecule has 4 nitrogen and oxygen atoms in total. The molecule has 0 radical (unpaired) electrons. The zero-order chi connectivity index (χ0) is 13.3. The van der Waals surface area contributed by atoms with Crippen LogP contribution in [0.25, 0.3) is 0 Å². The predicted molar refractivity (Wildman–Crippen MR) is 76.0 cm³/mol. The molecule has 0 heterocycles. The van der Waals surface area contributed by atoms with Crippen molar-refractivity contribution in [3.05, 3.63) is 0 Å². The van der Waals surface area contributed by atoms with E-state index in [1.165, 1.54) is 0 Å². The van der Waals surface area contributed by atoms with Gasteiger partial charge in [-0.2, -0.15) is 0 Å². The van der Waals surface area contributed by atoms with Gasteiger partial charge in [0.05, 0.1) is 4.87 Å². The molecule has 0 spiro atoms. The van der Waals surface area contributed by atoms with Gasteiger partial charge in [0.1, 0.15) is 0 Å². The first-order valence-electron chi connectivity index (χ1n) is 6.39. The molecular weight excluding hydrogens is 254 g/mol. The van der Waals surface area contributed by atoms with Gasteiger partial charge in [-0.3, -0.25) is 0 Å². The van der Waals surface area contributed by atoms with Crippen LogP contribution in [0.3, 0.4) is 0 Å². The van der Waals surface area contributed by atoms with Crippen LogP contribution in [-0.4, -0.2) is 38.9 Å². The van der Waals surface area contributed by atoms with Crippen LogP contribution >= 0.6 is 11.8 Å².